The zero-order valence-electron chi connectivity index (χ0n) is 29.1. The number of nitrogens with zero attached hydrogens (tertiary/aromatic N) is 6. The van der Waals surface area contributed by atoms with Crippen molar-refractivity contribution in [3.63, 3.8) is 0 Å². The molecule has 0 aliphatic rings. The summed E-state index contributed by atoms with van der Waals surface area (Å²) in [6, 6.07) is 55.2. The number of benzene rings is 6. The Morgan fingerprint density at radius 3 is 1.23 bits per heavy atom. The number of hydrogen-bond acceptors (Lipinski definition) is 6. The van der Waals surface area contributed by atoms with Crippen LogP contribution in [0.15, 0.2) is 183 Å². The molecule has 0 unspecified atom stereocenters. The van der Waals surface area contributed by atoms with Crippen LogP contribution in [0.25, 0.3) is 84.8 Å². The first-order chi connectivity index (χ1) is 26.2. The van der Waals surface area contributed by atoms with Gasteiger partial charge >= 0.3 is 0 Å². The second kappa shape index (κ2) is 15.0. The van der Waals surface area contributed by atoms with Gasteiger partial charge in [0, 0.05) is 33.4 Å². The fourth-order valence-electron chi connectivity index (χ4n) is 6.20. The van der Waals surface area contributed by atoms with E-state index in [2.05, 4.69) is 73.3 Å². The predicted molar refractivity (Wildman–Crippen MR) is 215 cm³/mol. The number of aromatic nitrogens is 6. The molecule has 252 valence electrons. The van der Waals surface area contributed by atoms with Gasteiger partial charge in [-0.25, -0.2) is 29.9 Å². The van der Waals surface area contributed by atoms with Gasteiger partial charge in [0.05, 0.1) is 0 Å². The zero-order chi connectivity index (χ0) is 36.0. The van der Waals surface area contributed by atoms with E-state index in [1.165, 1.54) is 0 Å². The van der Waals surface area contributed by atoms with Gasteiger partial charge in [0.15, 0.2) is 34.9 Å². The highest BCUT2D eigenvalue weighted by molar-refractivity contribution is 5.86. The monoisotopic (exact) mass is 682 g/mol. The fraction of sp³-hybridized carbons (Fsp3) is 0.0213. The van der Waals surface area contributed by atoms with Gasteiger partial charge in [-0.1, -0.05) is 170 Å². The highest BCUT2D eigenvalue weighted by Crippen LogP contribution is 2.36. The Labute approximate surface area is 309 Å². The highest BCUT2D eigenvalue weighted by Gasteiger charge is 2.18. The first-order valence-electron chi connectivity index (χ1n) is 17.4. The number of hydrogen-bond donors (Lipinski definition) is 0. The van der Waals surface area contributed by atoms with Crippen LogP contribution in [0.4, 0.5) is 0 Å². The summed E-state index contributed by atoms with van der Waals surface area (Å²) < 4.78 is 0. The van der Waals surface area contributed by atoms with Crippen molar-refractivity contribution < 1.29 is 0 Å². The first kappa shape index (κ1) is 33.0. The lowest BCUT2D eigenvalue weighted by Crippen LogP contribution is -2.03. The van der Waals surface area contributed by atoms with Crippen LogP contribution < -0.4 is 0 Å². The second-order valence-electron chi connectivity index (χ2n) is 12.4. The molecular weight excluding hydrogens is 649 g/mol. The first-order valence-corrected chi connectivity index (χ1v) is 17.4. The average Bonchev–Trinajstić information content (AvgIpc) is 3.25. The molecule has 0 spiro atoms. The molecule has 0 N–H and O–H groups in total. The summed E-state index contributed by atoms with van der Waals surface area (Å²) >= 11 is 0. The van der Waals surface area contributed by atoms with E-state index in [-0.39, 0.29) is 0 Å². The Bertz CT molecular complexity index is 2490. The Morgan fingerprint density at radius 1 is 0.377 bits per heavy atom. The highest BCUT2D eigenvalue weighted by atomic mass is 15.0. The van der Waals surface area contributed by atoms with Crippen LogP contribution >= 0.6 is 0 Å². The Morgan fingerprint density at radius 2 is 0.755 bits per heavy atom. The van der Waals surface area contributed by atoms with Gasteiger partial charge in [0.1, 0.15) is 0 Å². The van der Waals surface area contributed by atoms with Crippen molar-refractivity contribution in [1.82, 2.24) is 29.9 Å². The lowest BCUT2D eigenvalue weighted by atomic mass is 9.93. The van der Waals surface area contributed by atoms with Crippen LogP contribution in [0, 0.1) is 0 Å². The third-order valence-electron chi connectivity index (χ3n) is 8.98. The lowest BCUT2D eigenvalue weighted by molar-refractivity contribution is 1.04. The van der Waals surface area contributed by atoms with Gasteiger partial charge in [0.25, 0.3) is 0 Å². The van der Waals surface area contributed by atoms with Crippen molar-refractivity contribution in [3.05, 3.63) is 188 Å². The molecule has 2 aromatic heterocycles. The van der Waals surface area contributed by atoms with Crippen LogP contribution in [0.1, 0.15) is 12.7 Å². The minimum atomic E-state index is 0.568. The quantitative estimate of drug-likeness (QED) is 0.141. The smallest absolute Gasteiger partial charge is 0.164 e. The van der Waals surface area contributed by atoms with Gasteiger partial charge in [-0.05, 0) is 41.3 Å². The maximum atomic E-state index is 5.04. The van der Waals surface area contributed by atoms with Crippen molar-refractivity contribution in [2.45, 2.75) is 6.92 Å². The van der Waals surface area contributed by atoms with Crippen LogP contribution in [0.5, 0.6) is 0 Å². The molecule has 8 rings (SSSR count). The minimum Gasteiger partial charge on any atom is -0.208 e. The van der Waals surface area contributed by atoms with Crippen LogP contribution in [0.2, 0.25) is 0 Å². The molecule has 0 saturated carbocycles. The van der Waals surface area contributed by atoms with E-state index in [0.29, 0.717) is 34.9 Å². The number of rotatable bonds is 9. The Hall–Kier alpha value is -7.18. The molecule has 0 fully saturated rings. The van der Waals surface area contributed by atoms with Crippen LogP contribution in [-0.4, -0.2) is 29.9 Å². The lowest BCUT2D eigenvalue weighted by Gasteiger charge is -2.15. The van der Waals surface area contributed by atoms with Crippen molar-refractivity contribution in [3.8, 4) is 79.2 Å². The predicted octanol–water partition coefficient (Wildman–Crippen LogP) is 11.3. The molecule has 0 aliphatic carbocycles. The summed E-state index contributed by atoms with van der Waals surface area (Å²) in [4.78, 5) is 29.7. The summed E-state index contributed by atoms with van der Waals surface area (Å²) in [5, 5.41) is 0. The third kappa shape index (κ3) is 7.07. The zero-order valence-corrected chi connectivity index (χ0v) is 29.1. The molecule has 0 atom stereocenters. The second-order valence-corrected chi connectivity index (χ2v) is 12.4. The van der Waals surface area contributed by atoms with E-state index >= 15 is 0 Å². The van der Waals surface area contributed by atoms with Crippen molar-refractivity contribution in [2.24, 2.45) is 0 Å². The van der Waals surface area contributed by atoms with Gasteiger partial charge in [-0.15, -0.1) is 0 Å². The standard InChI is InChI=1S/C47H34N6/c1-3-32(4-2)42-48-45(37-23-15-8-16-24-37)53-47(52-42)40-30-29-39(33-17-9-5-10-18-33)31-41(40)34-25-27-38(28-26-34)46-50-43(35-19-11-6-12-20-35)49-44(51-46)36-21-13-7-14-22-36/h3-31H,1H2,2H3/b32-4+. The van der Waals surface area contributed by atoms with Gasteiger partial charge in [-0.2, -0.15) is 0 Å². The maximum absolute atomic E-state index is 5.04. The maximum Gasteiger partial charge on any atom is 0.164 e. The molecule has 0 bridgehead atoms. The SMILES string of the molecule is C=C/C(=C\C)c1nc(-c2ccccc2)nc(-c2ccc(-c3ccccc3)cc2-c2ccc(-c3nc(-c4ccccc4)nc(-c4ccccc4)n3)cc2)n1. The summed E-state index contributed by atoms with van der Waals surface area (Å²) in [6.45, 7) is 5.98. The molecule has 6 heteroatoms. The summed E-state index contributed by atoms with van der Waals surface area (Å²) in [5.41, 5.74) is 9.55. The van der Waals surface area contributed by atoms with Crippen molar-refractivity contribution in [2.75, 3.05) is 0 Å². The van der Waals surface area contributed by atoms with Gasteiger partial charge < -0.3 is 0 Å². The van der Waals surface area contributed by atoms with E-state index in [4.69, 9.17) is 29.9 Å². The molecule has 0 saturated heterocycles. The van der Waals surface area contributed by atoms with Crippen LogP contribution in [0.3, 0.4) is 0 Å². The molecule has 0 aliphatic heterocycles. The molecule has 53 heavy (non-hydrogen) atoms. The van der Waals surface area contributed by atoms with E-state index in [9.17, 15) is 0 Å². The van der Waals surface area contributed by atoms with Crippen LogP contribution in [-0.2, 0) is 0 Å². The molecule has 6 aromatic carbocycles. The van der Waals surface area contributed by atoms with Crippen molar-refractivity contribution in [1.29, 1.82) is 0 Å². The topological polar surface area (TPSA) is 77.3 Å². The van der Waals surface area contributed by atoms with Gasteiger partial charge in [-0.3, -0.25) is 0 Å². The number of allylic oxidation sites excluding steroid dienone is 3. The minimum absolute atomic E-state index is 0.568. The van der Waals surface area contributed by atoms with E-state index in [1.54, 1.807) is 6.08 Å². The summed E-state index contributed by atoms with van der Waals surface area (Å²) in [6.07, 6.45) is 3.74. The molecule has 2 heterocycles. The van der Waals surface area contributed by atoms with Gasteiger partial charge in [0.2, 0.25) is 0 Å². The molecule has 0 radical (unpaired) electrons. The fourth-order valence-corrected chi connectivity index (χ4v) is 6.20. The average molecular weight is 683 g/mol. The Kier molecular flexibility index (Phi) is 9.32. The van der Waals surface area contributed by atoms with Crippen molar-refractivity contribution >= 4 is 5.57 Å². The van der Waals surface area contributed by atoms with E-state index < -0.39 is 0 Å². The molecule has 8 aromatic rings. The summed E-state index contributed by atoms with van der Waals surface area (Å²) in [5.74, 6) is 3.58. The normalized spacial score (nSPS) is 11.3. The largest absolute Gasteiger partial charge is 0.208 e. The third-order valence-corrected chi connectivity index (χ3v) is 8.98. The Balaban J connectivity index is 1.27. The van der Waals surface area contributed by atoms with E-state index in [0.717, 1.165) is 55.6 Å². The molecule has 6 nitrogen and oxygen atoms in total. The molecule has 0 amide bonds. The summed E-state index contributed by atoms with van der Waals surface area (Å²) in [7, 11) is 0. The molecular formula is C47H34N6. The van der Waals surface area contributed by atoms with E-state index in [1.807, 2.05) is 110 Å².